The standard InChI is InChI=1S/C75H131NO3/c1-3-5-7-9-11-13-15-17-19-21-23-25-27-29-31-32-33-34-35-36-37-38-39-40-41-42-43-44-45-47-49-51-53-55-57-59-61-63-65-67-69-71-75(79)76-73(72-77)74(78)70-68-66-64-62-60-58-56-54-52-50-48-46-30-28-26-24-22-20-18-16-14-12-10-8-6-4-2/h5,7,11,13,17,19,23,25,29,31,33-34,36-37,39-40,60,62,68,70,73-74,77-78H,3-4,6,8-10,12,14-16,18,20-22,24,26-28,30,32,35,38,41-59,61,63-67,69,71-72H2,1-2H3,(H,76,79)/b7-5-,13-11-,19-17-,25-23-,31-29-,34-33-,37-36-,40-39-,62-60+,70-68+. The number of allylic oxidation sites excluding steroid dienone is 19. The summed E-state index contributed by atoms with van der Waals surface area (Å²) in [5.41, 5.74) is 0. The second-order valence-electron chi connectivity index (χ2n) is 22.9. The van der Waals surface area contributed by atoms with Crippen LogP contribution in [0.15, 0.2) is 122 Å². The predicted octanol–water partition coefficient (Wildman–Crippen LogP) is 23.5. The number of aliphatic hydroxyl groups is 2. The lowest BCUT2D eigenvalue weighted by molar-refractivity contribution is -0.123. The van der Waals surface area contributed by atoms with Crippen LogP contribution in [0.5, 0.6) is 0 Å². The van der Waals surface area contributed by atoms with E-state index < -0.39 is 12.1 Å². The number of unbranched alkanes of at least 4 members (excludes halogenated alkanes) is 37. The van der Waals surface area contributed by atoms with E-state index in [1.54, 1.807) is 6.08 Å². The van der Waals surface area contributed by atoms with Gasteiger partial charge in [0.05, 0.1) is 18.8 Å². The average Bonchev–Trinajstić information content (AvgIpc) is 3.45. The van der Waals surface area contributed by atoms with Crippen LogP contribution in [-0.4, -0.2) is 34.9 Å². The Morgan fingerprint density at radius 3 is 0.886 bits per heavy atom. The van der Waals surface area contributed by atoms with Gasteiger partial charge in [-0.05, 0) is 96.3 Å². The first kappa shape index (κ1) is 75.8. The maximum atomic E-state index is 12.5. The topological polar surface area (TPSA) is 69.6 Å². The summed E-state index contributed by atoms with van der Waals surface area (Å²) in [6, 6.07) is -0.646. The van der Waals surface area contributed by atoms with E-state index in [2.05, 4.69) is 129 Å². The summed E-state index contributed by atoms with van der Waals surface area (Å²) in [4.78, 5) is 12.5. The fourth-order valence-corrected chi connectivity index (χ4v) is 10.0. The van der Waals surface area contributed by atoms with E-state index in [0.29, 0.717) is 6.42 Å². The minimum atomic E-state index is -0.869. The highest BCUT2D eigenvalue weighted by Gasteiger charge is 2.18. The minimum absolute atomic E-state index is 0.0735. The molecule has 0 aliphatic carbocycles. The van der Waals surface area contributed by atoms with Gasteiger partial charge in [0.2, 0.25) is 5.91 Å². The maximum absolute atomic E-state index is 12.5. The SMILES string of the molecule is CC/C=C\C/C=C\C/C=C\C/C=C\C/C=C\C/C=C\C/C=C\C/C=C\CCCCCCCCCCCCCCCCCCC(=O)NC(CO)C(O)/C=C/CC/C=C/CCCCCCCCCCCCCCCCCCCCCC. The predicted molar refractivity (Wildman–Crippen MR) is 354 cm³/mol. The quantitative estimate of drug-likeness (QED) is 0.0420. The van der Waals surface area contributed by atoms with Gasteiger partial charge in [0.25, 0.3) is 0 Å². The molecule has 0 bridgehead atoms. The normalized spacial score (nSPS) is 13.5. The lowest BCUT2D eigenvalue weighted by atomic mass is 10.0. The molecule has 79 heavy (non-hydrogen) atoms. The van der Waals surface area contributed by atoms with Crippen molar-refractivity contribution in [2.45, 2.75) is 341 Å². The molecule has 0 fully saturated rings. The van der Waals surface area contributed by atoms with Gasteiger partial charge in [0.15, 0.2) is 0 Å². The van der Waals surface area contributed by atoms with Crippen LogP contribution in [0.2, 0.25) is 0 Å². The molecule has 0 aliphatic rings. The molecule has 3 N–H and O–H groups in total. The van der Waals surface area contributed by atoms with Crippen LogP contribution < -0.4 is 5.32 Å². The summed E-state index contributed by atoms with van der Waals surface area (Å²) < 4.78 is 0. The molecule has 0 rings (SSSR count). The van der Waals surface area contributed by atoms with Crippen LogP contribution in [0.1, 0.15) is 328 Å². The van der Waals surface area contributed by atoms with Crippen LogP contribution in [0.4, 0.5) is 0 Å². The molecule has 4 heteroatoms. The third-order valence-electron chi connectivity index (χ3n) is 15.2. The molecule has 2 atom stereocenters. The largest absolute Gasteiger partial charge is 0.394 e. The second-order valence-corrected chi connectivity index (χ2v) is 22.9. The van der Waals surface area contributed by atoms with Gasteiger partial charge >= 0.3 is 0 Å². The van der Waals surface area contributed by atoms with Crippen LogP contribution in [0.25, 0.3) is 0 Å². The summed E-state index contributed by atoms with van der Waals surface area (Å²) in [5, 5.41) is 23.3. The first-order valence-electron chi connectivity index (χ1n) is 34.2. The van der Waals surface area contributed by atoms with Crippen LogP contribution in [0.3, 0.4) is 0 Å². The van der Waals surface area contributed by atoms with Crippen molar-refractivity contribution in [1.82, 2.24) is 5.32 Å². The zero-order valence-electron chi connectivity index (χ0n) is 52.4. The van der Waals surface area contributed by atoms with Crippen LogP contribution in [-0.2, 0) is 4.79 Å². The van der Waals surface area contributed by atoms with E-state index in [9.17, 15) is 15.0 Å². The summed E-state index contributed by atoms with van der Waals surface area (Å²) in [6.45, 7) is 4.21. The Labute approximate surface area is 492 Å². The molecule has 0 aromatic heterocycles. The number of rotatable bonds is 62. The van der Waals surface area contributed by atoms with E-state index in [-0.39, 0.29) is 12.5 Å². The van der Waals surface area contributed by atoms with E-state index in [1.807, 2.05) is 6.08 Å². The lowest BCUT2D eigenvalue weighted by Gasteiger charge is -2.19. The van der Waals surface area contributed by atoms with Gasteiger partial charge in [-0.3, -0.25) is 4.79 Å². The smallest absolute Gasteiger partial charge is 0.220 e. The van der Waals surface area contributed by atoms with Gasteiger partial charge in [-0.2, -0.15) is 0 Å². The van der Waals surface area contributed by atoms with Crippen molar-refractivity contribution in [2.24, 2.45) is 0 Å². The Hall–Kier alpha value is -3.21. The molecule has 0 radical (unpaired) electrons. The maximum Gasteiger partial charge on any atom is 0.220 e. The molecule has 2 unspecified atom stereocenters. The molecule has 0 aromatic carbocycles. The third-order valence-corrected chi connectivity index (χ3v) is 15.2. The highest BCUT2D eigenvalue weighted by Crippen LogP contribution is 2.17. The van der Waals surface area contributed by atoms with Crippen LogP contribution >= 0.6 is 0 Å². The fraction of sp³-hybridized carbons (Fsp3) is 0.720. The summed E-state index contributed by atoms with van der Waals surface area (Å²) in [5.74, 6) is -0.0735. The lowest BCUT2D eigenvalue weighted by Crippen LogP contribution is -2.45. The monoisotopic (exact) mass is 1090 g/mol. The van der Waals surface area contributed by atoms with Gasteiger partial charge in [-0.15, -0.1) is 0 Å². The number of carbonyl (C=O) groups is 1. The molecule has 4 nitrogen and oxygen atoms in total. The molecule has 0 aliphatic heterocycles. The molecule has 0 spiro atoms. The van der Waals surface area contributed by atoms with Gasteiger partial charge < -0.3 is 15.5 Å². The molecule has 0 aromatic rings. The Bertz CT molecular complexity index is 1520. The zero-order valence-corrected chi connectivity index (χ0v) is 52.4. The van der Waals surface area contributed by atoms with Gasteiger partial charge in [-0.25, -0.2) is 0 Å². The third kappa shape index (κ3) is 65.5. The fourth-order valence-electron chi connectivity index (χ4n) is 10.0. The number of nitrogens with one attached hydrogen (secondary N) is 1. The number of hydrogen-bond donors (Lipinski definition) is 3. The Balaban J connectivity index is 3.53. The van der Waals surface area contributed by atoms with E-state index in [4.69, 9.17) is 0 Å². The van der Waals surface area contributed by atoms with Crippen molar-refractivity contribution in [3.8, 4) is 0 Å². The minimum Gasteiger partial charge on any atom is -0.394 e. The molecule has 0 heterocycles. The summed E-state index contributed by atoms with van der Waals surface area (Å²) >= 11 is 0. The Morgan fingerprint density at radius 1 is 0.316 bits per heavy atom. The van der Waals surface area contributed by atoms with Gasteiger partial charge in [-0.1, -0.05) is 347 Å². The first-order chi connectivity index (χ1) is 39.2. The van der Waals surface area contributed by atoms with Crippen molar-refractivity contribution in [3.05, 3.63) is 122 Å². The molecular weight excluding hydrogens is 963 g/mol. The number of carbonyl (C=O) groups excluding carboxylic acids is 1. The first-order valence-corrected chi connectivity index (χ1v) is 34.2. The molecule has 454 valence electrons. The highest BCUT2D eigenvalue weighted by atomic mass is 16.3. The van der Waals surface area contributed by atoms with Crippen molar-refractivity contribution in [2.75, 3.05) is 6.61 Å². The number of hydrogen-bond acceptors (Lipinski definition) is 3. The Morgan fingerprint density at radius 2 is 0.570 bits per heavy atom. The van der Waals surface area contributed by atoms with Crippen molar-refractivity contribution in [3.63, 3.8) is 0 Å². The zero-order chi connectivity index (χ0) is 56.9. The van der Waals surface area contributed by atoms with Crippen LogP contribution in [0, 0.1) is 0 Å². The van der Waals surface area contributed by atoms with E-state index in [0.717, 1.165) is 83.5 Å². The summed E-state index contributed by atoms with van der Waals surface area (Å²) in [6.07, 6.45) is 106. The van der Waals surface area contributed by atoms with Crippen molar-refractivity contribution in [1.29, 1.82) is 0 Å². The molecule has 0 saturated carbocycles. The highest BCUT2D eigenvalue weighted by molar-refractivity contribution is 5.76. The van der Waals surface area contributed by atoms with Gasteiger partial charge in [0, 0.05) is 6.42 Å². The Kier molecular flexibility index (Phi) is 66.3. The number of amides is 1. The van der Waals surface area contributed by atoms with E-state index >= 15 is 0 Å². The summed E-state index contributed by atoms with van der Waals surface area (Å²) in [7, 11) is 0. The van der Waals surface area contributed by atoms with Gasteiger partial charge in [0.1, 0.15) is 0 Å². The molecule has 1 amide bonds. The number of aliphatic hydroxyl groups excluding tert-OH is 2. The molecule has 0 saturated heterocycles. The van der Waals surface area contributed by atoms with Crippen molar-refractivity contribution < 1.29 is 15.0 Å². The average molecular weight is 1090 g/mol. The molecular formula is C75H131NO3. The van der Waals surface area contributed by atoms with Crippen molar-refractivity contribution >= 4 is 5.91 Å². The van der Waals surface area contributed by atoms with E-state index in [1.165, 1.54) is 225 Å². The second kappa shape index (κ2) is 69.1.